The Labute approximate surface area is 251 Å². The zero-order valence-electron chi connectivity index (χ0n) is 23.2. The van der Waals surface area contributed by atoms with Crippen molar-refractivity contribution in [2.24, 2.45) is 0 Å². The van der Waals surface area contributed by atoms with E-state index in [1.54, 1.807) is 0 Å². The topological polar surface area (TPSA) is 104 Å². The Bertz CT molecular complexity index is 2050. The van der Waals surface area contributed by atoms with Gasteiger partial charge in [-0.3, -0.25) is 0 Å². The summed E-state index contributed by atoms with van der Waals surface area (Å²) >= 11 is 0. The molecule has 0 aliphatic carbocycles. The van der Waals surface area contributed by atoms with E-state index >= 15 is 0 Å². The van der Waals surface area contributed by atoms with Crippen molar-refractivity contribution in [2.45, 2.75) is 0 Å². The molecule has 0 fully saturated rings. The van der Waals surface area contributed by atoms with Crippen LogP contribution in [0, 0.1) is 0 Å². The largest absolute Gasteiger partial charge is 0.244 e. The highest BCUT2D eigenvalue weighted by Gasteiger charge is 2.18. The van der Waals surface area contributed by atoms with Crippen molar-refractivity contribution in [1.29, 1.82) is 0 Å². The van der Waals surface area contributed by atoms with Crippen LogP contribution in [0.1, 0.15) is 0 Å². The average molecular weight is 571 g/mol. The summed E-state index contributed by atoms with van der Waals surface area (Å²) in [4.78, 5) is 10.1. The SMILES string of the molecule is c1ccc(-c2nonc2-c2ccc(-c3nc4ccccc4nc3-c3ccc(-c4nonc4-c4ccccc4)cc3)cc2)cc1. The summed E-state index contributed by atoms with van der Waals surface area (Å²) in [7, 11) is 0. The molecule has 3 aromatic heterocycles. The van der Waals surface area contributed by atoms with Crippen molar-refractivity contribution in [3.05, 3.63) is 133 Å². The van der Waals surface area contributed by atoms with Crippen LogP contribution in [0.3, 0.4) is 0 Å². The molecule has 0 spiro atoms. The van der Waals surface area contributed by atoms with Crippen molar-refractivity contribution < 1.29 is 9.26 Å². The van der Waals surface area contributed by atoms with Crippen LogP contribution in [-0.2, 0) is 0 Å². The minimum atomic E-state index is 0.681. The molecule has 0 amide bonds. The Morgan fingerprint density at radius 3 is 0.886 bits per heavy atom. The molecule has 0 saturated heterocycles. The number of aromatic nitrogens is 6. The van der Waals surface area contributed by atoms with Gasteiger partial charge in [-0.15, -0.1) is 0 Å². The van der Waals surface area contributed by atoms with Crippen LogP contribution in [0.2, 0.25) is 0 Å². The van der Waals surface area contributed by atoms with Gasteiger partial charge in [0.1, 0.15) is 22.8 Å². The second kappa shape index (κ2) is 10.8. The fourth-order valence-electron chi connectivity index (χ4n) is 5.30. The molecule has 0 N–H and O–H groups in total. The Morgan fingerprint density at radius 2 is 0.545 bits per heavy atom. The first-order valence-electron chi connectivity index (χ1n) is 14.1. The van der Waals surface area contributed by atoms with E-state index < -0.39 is 0 Å². The van der Waals surface area contributed by atoms with Gasteiger partial charge < -0.3 is 0 Å². The quantitative estimate of drug-likeness (QED) is 0.196. The van der Waals surface area contributed by atoms with Gasteiger partial charge in [-0.1, -0.05) is 121 Å². The van der Waals surface area contributed by atoms with Gasteiger partial charge in [0.25, 0.3) is 0 Å². The predicted molar refractivity (Wildman–Crippen MR) is 168 cm³/mol. The Kier molecular flexibility index (Phi) is 6.27. The molecule has 208 valence electrons. The summed E-state index contributed by atoms with van der Waals surface area (Å²) < 4.78 is 10.3. The maximum atomic E-state index is 5.13. The van der Waals surface area contributed by atoms with E-state index in [2.05, 4.69) is 20.6 Å². The first-order valence-corrected chi connectivity index (χ1v) is 14.1. The van der Waals surface area contributed by atoms with E-state index in [9.17, 15) is 0 Å². The van der Waals surface area contributed by atoms with E-state index in [0.717, 1.165) is 55.8 Å². The van der Waals surface area contributed by atoms with Gasteiger partial charge in [-0.25, -0.2) is 19.2 Å². The molecule has 0 aliphatic rings. The van der Waals surface area contributed by atoms with Gasteiger partial charge in [0, 0.05) is 33.4 Å². The van der Waals surface area contributed by atoms with E-state index in [1.807, 2.05) is 133 Å². The summed E-state index contributed by atoms with van der Waals surface area (Å²) in [6, 6.07) is 43.8. The summed E-state index contributed by atoms with van der Waals surface area (Å²) in [5.41, 5.74) is 11.5. The molecular weight excluding hydrogens is 548 g/mol. The number of hydrogen-bond donors (Lipinski definition) is 0. The van der Waals surface area contributed by atoms with Crippen molar-refractivity contribution in [3.63, 3.8) is 0 Å². The molecule has 8 rings (SSSR count). The first kappa shape index (κ1) is 25.4. The van der Waals surface area contributed by atoms with Crippen LogP contribution in [0.5, 0.6) is 0 Å². The number of para-hydroxylation sites is 2. The second-order valence-electron chi connectivity index (χ2n) is 10.2. The normalized spacial score (nSPS) is 11.2. The lowest BCUT2D eigenvalue weighted by Crippen LogP contribution is -1.96. The maximum absolute atomic E-state index is 5.13. The van der Waals surface area contributed by atoms with Crippen LogP contribution in [0.15, 0.2) is 143 Å². The molecule has 5 aromatic carbocycles. The van der Waals surface area contributed by atoms with Crippen LogP contribution < -0.4 is 0 Å². The number of benzene rings is 5. The highest BCUT2D eigenvalue weighted by molar-refractivity contribution is 5.88. The molecular formula is C36H22N6O2. The number of hydrogen-bond acceptors (Lipinski definition) is 8. The fraction of sp³-hybridized carbons (Fsp3) is 0. The molecule has 0 saturated carbocycles. The van der Waals surface area contributed by atoms with Crippen LogP contribution in [0.4, 0.5) is 0 Å². The Morgan fingerprint density at radius 1 is 0.273 bits per heavy atom. The van der Waals surface area contributed by atoms with Gasteiger partial charge >= 0.3 is 0 Å². The van der Waals surface area contributed by atoms with Gasteiger partial charge in [0.05, 0.1) is 22.4 Å². The van der Waals surface area contributed by atoms with Crippen molar-refractivity contribution >= 4 is 11.0 Å². The lowest BCUT2D eigenvalue weighted by atomic mass is 9.98. The summed E-state index contributed by atoms with van der Waals surface area (Å²) in [6.45, 7) is 0. The lowest BCUT2D eigenvalue weighted by molar-refractivity contribution is 0.310. The Balaban J connectivity index is 1.18. The van der Waals surface area contributed by atoms with Crippen molar-refractivity contribution in [2.75, 3.05) is 0 Å². The average Bonchev–Trinajstić information content (AvgIpc) is 3.80. The van der Waals surface area contributed by atoms with E-state index in [0.29, 0.717) is 22.8 Å². The molecule has 8 aromatic rings. The van der Waals surface area contributed by atoms with Gasteiger partial charge in [0.2, 0.25) is 0 Å². The van der Waals surface area contributed by atoms with Gasteiger partial charge in [-0.2, -0.15) is 0 Å². The molecule has 8 nitrogen and oxygen atoms in total. The Hall–Kier alpha value is -6.28. The maximum Gasteiger partial charge on any atom is 0.143 e. The number of nitrogens with zero attached hydrogens (tertiary/aromatic N) is 6. The molecule has 0 aliphatic heterocycles. The van der Waals surface area contributed by atoms with Gasteiger partial charge in [0.15, 0.2) is 0 Å². The summed E-state index contributed by atoms with van der Waals surface area (Å²) in [5, 5.41) is 16.7. The monoisotopic (exact) mass is 570 g/mol. The fourth-order valence-corrected chi connectivity index (χ4v) is 5.30. The number of rotatable bonds is 6. The minimum Gasteiger partial charge on any atom is -0.244 e. The molecule has 0 radical (unpaired) electrons. The zero-order valence-corrected chi connectivity index (χ0v) is 23.2. The van der Waals surface area contributed by atoms with Crippen LogP contribution in [-0.4, -0.2) is 30.6 Å². The molecule has 0 unspecified atom stereocenters. The summed E-state index contributed by atoms with van der Waals surface area (Å²) in [6.07, 6.45) is 0. The van der Waals surface area contributed by atoms with E-state index in [-0.39, 0.29) is 0 Å². The molecule has 0 bridgehead atoms. The van der Waals surface area contributed by atoms with Crippen molar-refractivity contribution in [1.82, 2.24) is 30.6 Å². The van der Waals surface area contributed by atoms with E-state index in [4.69, 9.17) is 19.2 Å². The van der Waals surface area contributed by atoms with Crippen LogP contribution in [0.25, 0.3) is 78.6 Å². The third-order valence-electron chi connectivity index (χ3n) is 7.51. The lowest BCUT2D eigenvalue weighted by Gasteiger charge is -2.11. The smallest absolute Gasteiger partial charge is 0.143 e. The molecule has 3 heterocycles. The third kappa shape index (κ3) is 4.60. The van der Waals surface area contributed by atoms with E-state index in [1.165, 1.54) is 0 Å². The molecule has 8 heteroatoms. The molecule has 0 atom stereocenters. The highest BCUT2D eigenvalue weighted by atomic mass is 16.6. The third-order valence-corrected chi connectivity index (χ3v) is 7.51. The number of fused-ring (bicyclic) bond motifs is 1. The first-order chi connectivity index (χ1) is 21.8. The highest BCUT2D eigenvalue weighted by Crippen LogP contribution is 2.36. The summed E-state index contributed by atoms with van der Waals surface area (Å²) in [5.74, 6) is 0. The second-order valence-corrected chi connectivity index (χ2v) is 10.2. The van der Waals surface area contributed by atoms with Gasteiger partial charge in [-0.05, 0) is 32.8 Å². The zero-order chi connectivity index (χ0) is 29.3. The minimum absolute atomic E-state index is 0.681. The molecule has 44 heavy (non-hydrogen) atoms. The van der Waals surface area contributed by atoms with Crippen LogP contribution >= 0.6 is 0 Å². The van der Waals surface area contributed by atoms with Crippen molar-refractivity contribution in [3.8, 4) is 67.5 Å². The standard InChI is InChI=1S/C36H22N6O2/c1-3-9-23(10-4-1)33-35(41-43-39-33)27-19-15-25(16-20-27)31-32(38-30-14-8-7-13-29(30)37-31)26-17-21-28(22-18-26)36-34(40-44-42-36)24-11-5-2-6-12-24/h1-22H. The predicted octanol–water partition coefficient (Wildman–Crippen LogP) is 8.40.